The summed E-state index contributed by atoms with van der Waals surface area (Å²) in [6.07, 6.45) is 1.98. The number of carbonyl (C=O) groups excluding carboxylic acids is 1. The number of carbonyl (C=O) groups is 1. The van der Waals surface area contributed by atoms with Crippen LogP contribution in [0, 0.1) is 18.8 Å². The lowest BCUT2D eigenvalue weighted by atomic mass is 9.98. The van der Waals surface area contributed by atoms with Gasteiger partial charge in [0.1, 0.15) is 4.83 Å². The first-order chi connectivity index (χ1) is 12.2. The molecule has 2 rings (SSSR count). The second-order valence-electron chi connectivity index (χ2n) is 7.29. The Balaban J connectivity index is 2.16. The molecule has 0 aliphatic carbocycles. The van der Waals surface area contributed by atoms with E-state index < -0.39 is 0 Å². The van der Waals surface area contributed by atoms with Crippen molar-refractivity contribution in [1.29, 1.82) is 0 Å². The van der Waals surface area contributed by atoms with Gasteiger partial charge in [-0.3, -0.25) is 9.59 Å². The molecule has 2 aromatic heterocycles. The molecule has 0 saturated carbocycles. The molecule has 2 N–H and O–H groups in total. The van der Waals surface area contributed by atoms with Crippen LogP contribution in [-0.4, -0.2) is 27.7 Å². The quantitative estimate of drug-likeness (QED) is 0.520. The van der Waals surface area contributed by atoms with Crippen molar-refractivity contribution in [3.8, 4) is 0 Å². The number of aromatic amines is 1. The van der Waals surface area contributed by atoms with E-state index >= 15 is 0 Å². The number of rotatable bonds is 8. The molecule has 0 fully saturated rings. The number of hydrogen-bond donors (Lipinski definition) is 2. The van der Waals surface area contributed by atoms with Crippen molar-refractivity contribution >= 4 is 39.2 Å². The smallest absolute Gasteiger partial charge is 0.260 e. The van der Waals surface area contributed by atoms with Crippen LogP contribution in [0.1, 0.15) is 51.5 Å². The van der Waals surface area contributed by atoms with Gasteiger partial charge in [-0.2, -0.15) is 0 Å². The number of thioether (sulfide) groups is 1. The number of hydrogen-bond acceptors (Lipinski definition) is 5. The maximum absolute atomic E-state index is 12.6. The first kappa shape index (κ1) is 21.0. The molecule has 2 heterocycles. The van der Waals surface area contributed by atoms with Crippen LogP contribution in [0.2, 0.25) is 0 Å². The van der Waals surface area contributed by atoms with E-state index in [9.17, 15) is 9.59 Å². The molecule has 0 aliphatic heterocycles. The molecule has 2 atom stereocenters. The van der Waals surface area contributed by atoms with E-state index in [0.717, 1.165) is 33.5 Å². The summed E-state index contributed by atoms with van der Waals surface area (Å²) in [6, 6.07) is 0.126. The lowest BCUT2D eigenvalue weighted by molar-refractivity contribution is -0.119. The number of fused-ring (bicyclic) bond motifs is 1. The minimum absolute atomic E-state index is 0.0428. The maximum Gasteiger partial charge on any atom is 0.260 e. The highest BCUT2D eigenvalue weighted by molar-refractivity contribution is 7.99. The van der Waals surface area contributed by atoms with E-state index in [0.29, 0.717) is 17.0 Å². The standard InChI is InChI=1S/C19H29N3O2S2/c1-7-11(4)8-14-13(6)26-18-16(14)17(24)21-19(22-18)25-9-15(23)20-12(5)10(2)3/h10-12H,7-9H2,1-6H3,(H,20,23)(H,21,22,24). The summed E-state index contributed by atoms with van der Waals surface area (Å²) in [5.41, 5.74) is 1.02. The fourth-order valence-corrected chi connectivity index (χ4v) is 4.34. The predicted octanol–water partition coefficient (Wildman–Crippen LogP) is 4.13. The summed E-state index contributed by atoms with van der Waals surface area (Å²) in [7, 11) is 0. The zero-order valence-electron chi connectivity index (χ0n) is 16.4. The van der Waals surface area contributed by atoms with Gasteiger partial charge in [0.2, 0.25) is 5.91 Å². The Labute approximate surface area is 163 Å². The monoisotopic (exact) mass is 395 g/mol. The second kappa shape index (κ2) is 9.04. The second-order valence-corrected chi connectivity index (χ2v) is 9.46. The van der Waals surface area contributed by atoms with Crippen LogP contribution < -0.4 is 10.9 Å². The lowest BCUT2D eigenvalue weighted by Crippen LogP contribution is -2.37. The van der Waals surface area contributed by atoms with Crippen molar-refractivity contribution in [2.45, 2.75) is 65.6 Å². The Morgan fingerprint density at radius 2 is 2.00 bits per heavy atom. The van der Waals surface area contributed by atoms with Crippen LogP contribution in [0.25, 0.3) is 10.2 Å². The Morgan fingerprint density at radius 3 is 2.62 bits per heavy atom. The van der Waals surface area contributed by atoms with E-state index in [-0.39, 0.29) is 23.3 Å². The first-order valence-corrected chi connectivity index (χ1v) is 11.0. The van der Waals surface area contributed by atoms with Gasteiger partial charge in [-0.1, -0.05) is 45.9 Å². The van der Waals surface area contributed by atoms with Gasteiger partial charge in [0.05, 0.1) is 11.1 Å². The molecule has 1 amide bonds. The van der Waals surface area contributed by atoms with Gasteiger partial charge < -0.3 is 10.3 Å². The summed E-state index contributed by atoms with van der Waals surface area (Å²) in [5, 5.41) is 4.19. The third-order valence-electron chi connectivity index (χ3n) is 4.82. The van der Waals surface area contributed by atoms with Gasteiger partial charge in [0.25, 0.3) is 5.56 Å². The minimum atomic E-state index is -0.101. The molecule has 0 radical (unpaired) electrons. The van der Waals surface area contributed by atoms with Crippen molar-refractivity contribution in [2.75, 3.05) is 5.75 Å². The van der Waals surface area contributed by atoms with Crippen LogP contribution >= 0.6 is 23.1 Å². The predicted molar refractivity (Wildman–Crippen MR) is 111 cm³/mol. The van der Waals surface area contributed by atoms with Gasteiger partial charge in [-0.15, -0.1) is 11.3 Å². The molecule has 0 aromatic carbocycles. The average molecular weight is 396 g/mol. The summed E-state index contributed by atoms with van der Waals surface area (Å²) >= 11 is 2.84. The van der Waals surface area contributed by atoms with Gasteiger partial charge in [-0.05, 0) is 37.7 Å². The van der Waals surface area contributed by atoms with Crippen molar-refractivity contribution in [3.63, 3.8) is 0 Å². The van der Waals surface area contributed by atoms with E-state index in [4.69, 9.17) is 0 Å². The molecule has 7 heteroatoms. The van der Waals surface area contributed by atoms with E-state index in [2.05, 4.69) is 49.9 Å². The number of H-pyrrole nitrogens is 1. The third-order valence-corrected chi connectivity index (χ3v) is 6.73. The fourth-order valence-electron chi connectivity index (χ4n) is 2.56. The third kappa shape index (κ3) is 5.10. The largest absolute Gasteiger partial charge is 0.353 e. The molecular formula is C19H29N3O2S2. The summed E-state index contributed by atoms with van der Waals surface area (Å²) in [4.78, 5) is 34.0. The highest BCUT2D eigenvalue weighted by atomic mass is 32.2. The number of thiophene rings is 1. The normalized spacial score (nSPS) is 14.0. The van der Waals surface area contributed by atoms with Crippen molar-refractivity contribution < 1.29 is 4.79 Å². The Kier molecular flexibility index (Phi) is 7.29. The van der Waals surface area contributed by atoms with Crippen LogP contribution in [0.4, 0.5) is 0 Å². The van der Waals surface area contributed by atoms with Gasteiger partial charge in [-0.25, -0.2) is 4.98 Å². The van der Waals surface area contributed by atoms with Crippen LogP contribution in [0.15, 0.2) is 9.95 Å². The van der Waals surface area contributed by atoms with E-state index in [1.165, 1.54) is 11.8 Å². The molecule has 2 aromatic rings. The first-order valence-electron chi connectivity index (χ1n) is 9.17. The zero-order chi connectivity index (χ0) is 19.4. The van der Waals surface area contributed by atoms with Crippen molar-refractivity contribution in [3.05, 3.63) is 20.8 Å². The highest BCUT2D eigenvalue weighted by Gasteiger charge is 2.17. The Bertz CT molecular complexity index is 826. The average Bonchev–Trinajstić information content (AvgIpc) is 2.88. The zero-order valence-corrected chi connectivity index (χ0v) is 18.1. The molecule has 0 aliphatic rings. The Hall–Kier alpha value is -1.34. The van der Waals surface area contributed by atoms with Gasteiger partial charge >= 0.3 is 0 Å². The summed E-state index contributed by atoms with van der Waals surface area (Å²) in [6.45, 7) is 12.6. The molecule has 0 spiro atoms. The Morgan fingerprint density at radius 1 is 1.31 bits per heavy atom. The van der Waals surface area contributed by atoms with Crippen LogP contribution in [0.5, 0.6) is 0 Å². The van der Waals surface area contributed by atoms with E-state index in [1.54, 1.807) is 11.3 Å². The number of aromatic nitrogens is 2. The fraction of sp³-hybridized carbons (Fsp3) is 0.632. The molecule has 26 heavy (non-hydrogen) atoms. The molecule has 2 unspecified atom stereocenters. The van der Waals surface area contributed by atoms with Gasteiger partial charge in [0, 0.05) is 10.9 Å². The SMILES string of the molecule is CCC(C)Cc1c(C)sc2nc(SCC(=O)NC(C)C(C)C)[nH]c(=O)c12. The topological polar surface area (TPSA) is 74.8 Å². The maximum atomic E-state index is 12.6. The molecule has 0 bridgehead atoms. The summed E-state index contributed by atoms with van der Waals surface area (Å²) < 4.78 is 0. The number of nitrogens with zero attached hydrogens (tertiary/aromatic N) is 1. The molecular weight excluding hydrogens is 366 g/mol. The minimum Gasteiger partial charge on any atom is -0.353 e. The van der Waals surface area contributed by atoms with E-state index in [1.807, 2.05) is 6.92 Å². The van der Waals surface area contributed by atoms with Crippen molar-refractivity contribution in [1.82, 2.24) is 15.3 Å². The van der Waals surface area contributed by atoms with Crippen LogP contribution in [-0.2, 0) is 11.2 Å². The molecule has 0 saturated heterocycles. The van der Waals surface area contributed by atoms with Crippen LogP contribution in [0.3, 0.4) is 0 Å². The van der Waals surface area contributed by atoms with Gasteiger partial charge in [0.15, 0.2) is 5.16 Å². The number of nitrogens with one attached hydrogen (secondary N) is 2. The van der Waals surface area contributed by atoms with Crippen molar-refractivity contribution in [2.24, 2.45) is 11.8 Å². The molecule has 144 valence electrons. The molecule has 5 nitrogen and oxygen atoms in total. The highest BCUT2D eigenvalue weighted by Crippen LogP contribution is 2.30. The number of aryl methyl sites for hydroxylation is 1. The summed E-state index contributed by atoms with van der Waals surface area (Å²) in [5.74, 6) is 1.12. The number of amides is 1. The lowest BCUT2D eigenvalue weighted by Gasteiger charge is -2.17.